The minimum absolute atomic E-state index is 0. The molecule has 0 radical (unpaired) electrons. The Morgan fingerprint density at radius 2 is 2.00 bits per heavy atom. The van der Waals surface area contributed by atoms with Crippen molar-refractivity contribution >= 4 is 41.8 Å². The van der Waals surface area contributed by atoms with Crippen LogP contribution in [0.4, 0.5) is 0 Å². The number of aliphatic imine (C=N–C) groups is 1. The molecular weight excluding hydrogens is 469 g/mol. The molecule has 0 aliphatic carbocycles. The third-order valence-electron chi connectivity index (χ3n) is 4.35. The summed E-state index contributed by atoms with van der Waals surface area (Å²) in [5.41, 5.74) is 1.74. The van der Waals surface area contributed by atoms with Gasteiger partial charge < -0.3 is 20.9 Å². The van der Waals surface area contributed by atoms with Crippen LogP contribution < -0.4 is 16.0 Å². The van der Waals surface area contributed by atoms with E-state index < -0.39 is 0 Å². The van der Waals surface area contributed by atoms with E-state index in [1.807, 2.05) is 43.0 Å². The van der Waals surface area contributed by atoms with E-state index in [-0.39, 0.29) is 35.8 Å². The van der Waals surface area contributed by atoms with Gasteiger partial charge in [-0.15, -0.1) is 24.0 Å². The first-order chi connectivity index (χ1) is 13.1. The molecule has 1 saturated heterocycles. The van der Waals surface area contributed by atoms with Gasteiger partial charge in [-0.1, -0.05) is 17.7 Å². The summed E-state index contributed by atoms with van der Waals surface area (Å²) >= 11 is 0. The van der Waals surface area contributed by atoms with Gasteiger partial charge in [0.1, 0.15) is 0 Å². The molecule has 0 spiro atoms. The van der Waals surface area contributed by atoms with Gasteiger partial charge in [-0.25, -0.2) is 0 Å². The summed E-state index contributed by atoms with van der Waals surface area (Å²) in [6.07, 6.45) is 2.51. The van der Waals surface area contributed by atoms with E-state index in [0.29, 0.717) is 31.6 Å². The average Bonchev–Trinajstić information content (AvgIpc) is 3.06. The first-order valence-corrected chi connectivity index (χ1v) is 9.75. The van der Waals surface area contributed by atoms with Gasteiger partial charge in [-0.2, -0.15) is 0 Å². The molecule has 1 aliphatic rings. The first-order valence-electron chi connectivity index (χ1n) is 9.75. The van der Waals surface area contributed by atoms with Crippen molar-refractivity contribution in [2.75, 3.05) is 39.3 Å². The summed E-state index contributed by atoms with van der Waals surface area (Å²) in [6, 6.07) is 7.54. The van der Waals surface area contributed by atoms with E-state index in [1.165, 1.54) is 0 Å². The molecule has 0 atom stereocenters. The van der Waals surface area contributed by atoms with Crippen LogP contribution in [0.15, 0.2) is 29.3 Å². The number of carbonyl (C=O) groups is 2. The second kappa shape index (κ2) is 13.4. The topological polar surface area (TPSA) is 85.8 Å². The molecule has 0 bridgehead atoms. The largest absolute Gasteiger partial charge is 0.357 e. The molecular formula is C20H32IN5O2. The molecule has 1 aromatic rings. The number of likely N-dealkylation sites (tertiary alicyclic amines) is 1. The van der Waals surface area contributed by atoms with Gasteiger partial charge in [0.25, 0.3) is 5.91 Å². The number of hydrogen-bond donors (Lipinski definition) is 3. The Kier molecular flexibility index (Phi) is 11.5. The van der Waals surface area contributed by atoms with Crippen LogP contribution >= 0.6 is 24.0 Å². The lowest BCUT2D eigenvalue weighted by atomic mass is 10.1. The van der Waals surface area contributed by atoms with Gasteiger partial charge in [-0.3, -0.25) is 14.6 Å². The number of hydrogen-bond acceptors (Lipinski definition) is 3. The number of carbonyl (C=O) groups excluding carboxylic acids is 2. The number of halogens is 1. The molecule has 1 fully saturated rings. The van der Waals surface area contributed by atoms with Crippen molar-refractivity contribution in [2.24, 2.45) is 4.99 Å². The van der Waals surface area contributed by atoms with Crippen molar-refractivity contribution in [3.8, 4) is 0 Å². The Hall–Kier alpha value is -1.84. The minimum atomic E-state index is -0.0716. The van der Waals surface area contributed by atoms with Crippen LogP contribution in [0.3, 0.4) is 0 Å². The van der Waals surface area contributed by atoms with Gasteiger partial charge in [0.2, 0.25) is 5.91 Å². The quantitative estimate of drug-likeness (QED) is 0.209. The molecule has 1 heterocycles. The summed E-state index contributed by atoms with van der Waals surface area (Å²) in [6.45, 7) is 8.17. The highest BCUT2D eigenvalue weighted by atomic mass is 127. The highest BCUT2D eigenvalue weighted by Crippen LogP contribution is 2.09. The van der Waals surface area contributed by atoms with Gasteiger partial charge in [0, 0.05) is 51.3 Å². The van der Waals surface area contributed by atoms with Crippen molar-refractivity contribution in [3.63, 3.8) is 0 Å². The lowest BCUT2D eigenvalue weighted by molar-refractivity contribution is -0.127. The van der Waals surface area contributed by atoms with E-state index in [0.717, 1.165) is 44.0 Å². The minimum Gasteiger partial charge on any atom is -0.357 e. The fourth-order valence-corrected chi connectivity index (χ4v) is 2.98. The molecule has 156 valence electrons. The molecule has 8 heteroatoms. The molecule has 1 aromatic carbocycles. The van der Waals surface area contributed by atoms with Gasteiger partial charge in [0.15, 0.2) is 5.96 Å². The normalized spacial score (nSPS) is 13.9. The number of aryl methyl sites for hydroxylation is 1. The second-order valence-electron chi connectivity index (χ2n) is 6.65. The fraction of sp³-hybridized carbons (Fsp3) is 0.550. The number of nitrogens with zero attached hydrogens (tertiary/aromatic N) is 2. The van der Waals surface area contributed by atoms with E-state index >= 15 is 0 Å². The molecule has 2 rings (SSSR count). The van der Waals surface area contributed by atoms with E-state index in [4.69, 9.17) is 0 Å². The summed E-state index contributed by atoms with van der Waals surface area (Å²) < 4.78 is 0. The highest BCUT2D eigenvalue weighted by Gasteiger charge is 2.18. The smallest absolute Gasteiger partial charge is 0.251 e. The van der Waals surface area contributed by atoms with Crippen LogP contribution in [-0.2, 0) is 4.79 Å². The monoisotopic (exact) mass is 501 g/mol. The maximum atomic E-state index is 12.1. The predicted molar refractivity (Wildman–Crippen MR) is 123 cm³/mol. The summed E-state index contributed by atoms with van der Waals surface area (Å²) in [5, 5.41) is 9.32. The van der Waals surface area contributed by atoms with E-state index in [2.05, 4.69) is 20.9 Å². The fourth-order valence-electron chi connectivity index (χ4n) is 2.98. The molecule has 1 aliphatic heterocycles. The predicted octanol–water partition coefficient (Wildman–Crippen LogP) is 1.91. The van der Waals surface area contributed by atoms with Crippen LogP contribution in [-0.4, -0.2) is 61.9 Å². The number of amides is 2. The van der Waals surface area contributed by atoms with Crippen molar-refractivity contribution in [3.05, 3.63) is 35.4 Å². The maximum Gasteiger partial charge on any atom is 0.251 e. The molecule has 3 N–H and O–H groups in total. The number of rotatable bonds is 9. The van der Waals surface area contributed by atoms with Crippen molar-refractivity contribution < 1.29 is 9.59 Å². The van der Waals surface area contributed by atoms with Crippen LogP contribution in [0.1, 0.15) is 42.1 Å². The second-order valence-corrected chi connectivity index (χ2v) is 6.65. The third kappa shape index (κ3) is 8.45. The van der Waals surface area contributed by atoms with E-state index in [1.54, 1.807) is 0 Å². The van der Waals surface area contributed by atoms with Crippen molar-refractivity contribution in [1.29, 1.82) is 0 Å². The van der Waals surface area contributed by atoms with E-state index in [9.17, 15) is 9.59 Å². The van der Waals surface area contributed by atoms with Crippen molar-refractivity contribution in [1.82, 2.24) is 20.9 Å². The molecule has 0 aromatic heterocycles. The lowest BCUT2D eigenvalue weighted by Gasteiger charge is -2.15. The van der Waals surface area contributed by atoms with Crippen LogP contribution in [0, 0.1) is 6.92 Å². The van der Waals surface area contributed by atoms with Crippen LogP contribution in [0.2, 0.25) is 0 Å². The number of benzene rings is 1. The summed E-state index contributed by atoms with van der Waals surface area (Å²) in [7, 11) is 0. The Balaban J connectivity index is 0.00000392. The Morgan fingerprint density at radius 3 is 2.68 bits per heavy atom. The molecule has 28 heavy (non-hydrogen) atoms. The highest BCUT2D eigenvalue weighted by molar-refractivity contribution is 14.0. The molecule has 7 nitrogen and oxygen atoms in total. The molecule has 0 saturated carbocycles. The number of nitrogens with one attached hydrogen (secondary N) is 3. The molecule has 2 amide bonds. The zero-order valence-electron chi connectivity index (χ0n) is 16.8. The zero-order chi connectivity index (χ0) is 19.5. The van der Waals surface area contributed by atoms with Crippen molar-refractivity contribution in [2.45, 2.75) is 33.1 Å². The summed E-state index contributed by atoms with van der Waals surface area (Å²) in [4.78, 5) is 30.1. The van der Waals surface area contributed by atoms with Crippen LogP contribution in [0.25, 0.3) is 0 Å². The number of guanidine groups is 1. The van der Waals surface area contributed by atoms with Crippen LogP contribution in [0.5, 0.6) is 0 Å². The lowest BCUT2D eigenvalue weighted by Crippen LogP contribution is -2.41. The Labute approximate surface area is 184 Å². The molecule has 0 unspecified atom stereocenters. The van der Waals surface area contributed by atoms with Gasteiger partial charge in [0.05, 0.1) is 0 Å². The zero-order valence-corrected chi connectivity index (χ0v) is 19.1. The third-order valence-corrected chi connectivity index (χ3v) is 4.35. The first kappa shape index (κ1) is 24.2. The standard InChI is InChI=1S/C20H31N5O2.HI/c1-3-21-20(23-10-6-14-25-13-5-9-18(25)26)24-12-11-22-19(27)17-8-4-7-16(2)15-17;/h4,7-8,15H,3,5-6,9-14H2,1-2H3,(H,22,27)(H2,21,23,24);1H. The SMILES string of the molecule is CCNC(=NCCCN1CCCC1=O)NCCNC(=O)c1cccc(C)c1.I. The average molecular weight is 501 g/mol. The maximum absolute atomic E-state index is 12.1. The van der Waals surface area contributed by atoms with Gasteiger partial charge >= 0.3 is 0 Å². The Bertz CT molecular complexity index is 666. The van der Waals surface area contributed by atoms with Gasteiger partial charge in [-0.05, 0) is 38.8 Å². The summed E-state index contributed by atoms with van der Waals surface area (Å²) in [5.74, 6) is 0.918. The Morgan fingerprint density at radius 1 is 1.21 bits per heavy atom.